The smallest absolute Gasteiger partial charge is 0.409 e. The molecule has 32 heavy (non-hydrogen) atoms. The molecule has 2 aliphatic rings. The Balaban J connectivity index is 1.38. The van der Waals surface area contributed by atoms with Crippen LogP contribution < -0.4 is 5.32 Å². The summed E-state index contributed by atoms with van der Waals surface area (Å²) in [5, 5.41) is 12.5. The standard InChI is InChI=1S/C23H21N3O4S2/c1-13-4-5-17-15(11-13)16(27)12-23(32-17)6-9-26(10-7-23)21(28)18-14-3-2-8-24-19(14)31-20(18)25-22(29)30/h2-5,8,11,25H,6-7,9-10,12H2,1H3,(H,29,30). The lowest BCUT2D eigenvalue weighted by atomic mass is 9.87. The number of piperidine rings is 1. The number of amides is 2. The molecule has 7 nitrogen and oxygen atoms in total. The van der Waals surface area contributed by atoms with Crippen LogP contribution in [0.3, 0.4) is 0 Å². The van der Waals surface area contributed by atoms with Crippen molar-refractivity contribution in [3.8, 4) is 0 Å². The Morgan fingerprint density at radius 2 is 2.00 bits per heavy atom. The molecule has 3 aromatic rings. The summed E-state index contributed by atoms with van der Waals surface area (Å²) in [7, 11) is 0. The van der Waals surface area contributed by atoms with E-state index < -0.39 is 6.09 Å². The van der Waals surface area contributed by atoms with Gasteiger partial charge in [0, 0.05) is 46.3 Å². The van der Waals surface area contributed by atoms with Gasteiger partial charge in [0.1, 0.15) is 9.83 Å². The van der Waals surface area contributed by atoms with Crippen molar-refractivity contribution in [3.05, 3.63) is 53.2 Å². The third kappa shape index (κ3) is 3.65. The van der Waals surface area contributed by atoms with Gasteiger partial charge in [-0.25, -0.2) is 9.78 Å². The summed E-state index contributed by atoms with van der Waals surface area (Å²) in [4.78, 5) is 45.2. The van der Waals surface area contributed by atoms with Gasteiger partial charge in [-0.15, -0.1) is 11.8 Å². The molecule has 1 fully saturated rings. The van der Waals surface area contributed by atoms with E-state index in [1.54, 1.807) is 35.0 Å². The molecular weight excluding hydrogens is 446 g/mol. The lowest BCUT2D eigenvalue weighted by molar-refractivity contribution is 0.0699. The van der Waals surface area contributed by atoms with Crippen LogP contribution >= 0.6 is 23.1 Å². The van der Waals surface area contributed by atoms with E-state index in [0.717, 1.165) is 27.4 Å². The van der Waals surface area contributed by atoms with Gasteiger partial charge in [0.15, 0.2) is 5.78 Å². The van der Waals surface area contributed by atoms with Crippen molar-refractivity contribution < 1.29 is 19.5 Å². The van der Waals surface area contributed by atoms with Crippen molar-refractivity contribution in [2.75, 3.05) is 18.4 Å². The Bertz CT molecular complexity index is 1260. The molecule has 0 aliphatic carbocycles. The fraction of sp³-hybridized carbons (Fsp3) is 0.304. The van der Waals surface area contributed by atoms with Crippen molar-refractivity contribution in [2.24, 2.45) is 0 Å². The number of likely N-dealkylation sites (tertiary alicyclic amines) is 1. The second kappa shape index (κ2) is 7.90. The largest absolute Gasteiger partial charge is 0.465 e. The molecule has 0 radical (unpaired) electrons. The zero-order chi connectivity index (χ0) is 22.5. The zero-order valence-corrected chi connectivity index (χ0v) is 19.0. The summed E-state index contributed by atoms with van der Waals surface area (Å²) in [6, 6.07) is 9.55. The van der Waals surface area contributed by atoms with Gasteiger partial charge in [0.2, 0.25) is 0 Å². The number of thioether (sulfide) groups is 1. The predicted molar refractivity (Wildman–Crippen MR) is 125 cm³/mol. The molecule has 2 aromatic heterocycles. The third-order valence-corrected chi connectivity index (χ3v) is 8.70. The van der Waals surface area contributed by atoms with E-state index in [1.807, 2.05) is 25.1 Å². The number of carbonyl (C=O) groups excluding carboxylic acids is 2. The molecule has 9 heteroatoms. The Kier molecular flexibility index (Phi) is 5.17. The van der Waals surface area contributed by atoms with Crippen molar-refractivity contribution in [1.29, 1.82) is 0 Å². The van der Waals surface area contributed by atoms with Crippen LogP contribution in [-0.2, 0) is 0 Å². The molecule has 164 valence electrons. The summed E-state index contributed by atoms with van der Waals surface area (Å²) in [5.41, 5.74) is 2.24. The number of nitrogens with one attached hydrogen (secondary N) is 1. The zero-order valence-electron chi connectivity index (χ0n) is 17.4. The van der Waals surface area contributed by atoms with Crippen molar-refractivity contribution in [2.45, 2.75) is 35.8 Å². The van der Waals surface area contributed by atoms with Crippen LogP contribution in [0, 0.1) is 6.92 Å². The summed E-state index contributed by atoms with van der Waals surface area (Å²) in [5.74, 6) is -0.0314. The first kappa shape index (κ1) is 21.0. The highest BCUT2D eigenvalue weighted by atomic mass is 32.2. The van der Waals surface area contributed by atoms with E-state index in [0.29, 0.717) is 53.1 Å². The molecule has 2 N–H and O–H groups in total. The fourth-order valence-electron chi connectivity index (χ4n) is 4.49. The number of ketones is 1. The lowest BCUT2D eigenvalue weighted by Crippen LogP contribution is -2.47. The molecule has 0 unspecified atom stereocenters. The first-order valence-electron chi connectivity index (χ1n) is 10.3. The molecular formula is C23H21N3O4S2. The first-order valence-corrected chi connectivity index (χ1v) is 12.0. The number of hydrogen-bond donors (Lipinski definition) is 2. The molecule has 2 amide bonds. The molecule has 5 rings (SSSR count). The minimum atomic E-state index is -1.21. The number of benzene rings is 1. The van der Waals surface area contributed by atoms with Gasteiger partial charge in [0.05, 0.1) is 5.56 Å². The number of pyridine rings is 1. The van der Waals surface area contributed by atoms with Gasteiger partial charge < -0.3 is 10.0 Å². The van der Waals surface area contributed by atoms with E-state index in [9.17, 15) is 19.5 Å². The molecule has 2 aliphatic heterocycles. The molecule has 0 bridgehead atoms. The highest BCUT2D eigenvalue weighted by molar-refractivity contribution is 8.01. The van der Waals surface area contributed by atoms with Gasteiger partial charge >= 0.3 is 6.09 Å². The Labute approximate surface area is 192 Å². The molecule has 0 saturated carbocycles. The average molecular weight is 468 g/mol. The normalized spacial score (nSPS) is 17.4. The quantitative estimate of drug-likeness (QED) is 0.547. The second-order valence-electron chi connectivity index (χ2n) is 8.27. The highest BCUT2D eigenvalue weighted by Crippen LogP contribution is 2.49. The maximum absolute atomic E-state index is 13.4. The maximum atomic E-state index is 13.4. The summed E-state index contributed by atoms with van der Waals surface area (Å²) in [6.07, 6.45) is 2.32. The number of anilines is 1. The van der Waals surface area contributed by atoms with Gasteiger partial charge in [-0.2, -0.15) is 0 Å². The predicted octanol–water partition coefficient (Wildman–Crippen LogP) is 5.05. The SMILES string of the molecule is Cc1ccc2c(c1)C(=O)CC1(CCN(C(=O)c3c(NC(=O)O)sc4ncccc34)CC1)S2. The molecule has 1 spiro atoms. The Hall–Kier alpha value is -2.91. The van der Waals surface area contributed by atoms with Crippen molar-refractivity contribution >= 4 is 56.1 Å². The number of hydrogen-bond acceptors (Lipinski definition) is 6. The lowest BCUT2D eigenvalue weighted by Gasteiger charge is -2.43. The van der Waals surface area contributed by atoms with Crippen LogP contribution in [-0.4, -0.2) is 50.6 Å². The second-order valence-corrected chi connectivity index (χ2v) is 10.8. The Morgan fingerprint density at radius 1 is 1.22 bits per heavy atom. The Morgan fingerprint density at radius 3 is 2.75 bits per heavy atom. The summed E-state index contributed by atoms with van der Waals surface area (Å²) in [6.45, 7) is 3.03. The molecule has 0 atom stereocenters. The number of thiophene rings is 1. The minimum absolute atomic E-state index is 0.171. The number of aryl methyl sites for hydroxylation is 1. The van der Waals surface area contributed by atoms with Crippen molar-refractivity contribution in [1.82, 2.24) is 9.88 Å². The van der Waals surface area contributed by atoms with Crippen LogP contribution in [0.2, 0.25) is 0 Å². The average Bonchev–Trinajstić information content (AvgIpc) is 3.11. The van der Waals surface area contributed by atoms with Crippen molar-refractivity contribution in [3.63, 3.8) is 0 Å². The molecule has 4 heterocycles. The molecule has 1 saturated heterocycles. The topological polar surface area (TPSA) is 99.6 Å². The number of carbonyl (C=O) groups is 3. The van der Waals surface area contributed by atoms with E-state index in [-0.39, 0.29) is 16.4 Å². The number of aromatic nitrogens is 1. The summed E-state index contributed by atoms with van der Waals surface area (Å²) >= 11 is 2.92. The van der Waals surface area contributed by atoms with E-state index in [2.05, 4.69) is 10.3 Å². The van der Waals surface area contributed by atoms with Crippen LogP contribution in [0.25, 0.3) is 10.2 Å². The van der Waals surface area contributed by atoms with Gasteiger partial charge in [-0.3, -0.25) is 14.9 Å². The number of fused-ring (bicyclic) bond motifs is 2. The van der Waals surface area contributed by atoms with Crippen LogP contribution in [0.1, 0.15) is 45.5 Å². The fourth-order valence-corrected chi connectivity index (χ4v) is 6.99. The van der Waals surface area contributed by atoms with Crippen LogP contribution in [0.5, 0.6) is 0 Å². The van der Waals surface area contributed by atoms with E-state index in [1.165, 1.54) is 0 Å². The number of nitrogens with zero attached hydrogens (tertiary/aromatic N) is 2. The van der Waals surface area contributed by atoms with Crippen LogP contribution in [0.15, 0.2) is 41.4 Å². The third-order valence-electron chi connectivity index (χ3n) is 6.11. The van der Waals surface area contributed by atoms with Gasteiger partial charge in [-0.1, -0.05) is 23.0 Å². The number of rotatable bonds is 2. The minimum Gasteiger partial charge on any atom is -0.465 e. The van der Waals surface area contributed by atoms with Gasteiger partial charge in [0.25, 0.3) is 5.91 Å². The monoisotopic (exact) mass is 467 g/mol. The highest BCUT2D eigenvalue weighted by Gasteiger charge is 2.43. The summed E-state index contributed by atoms with van der Waals surface area (Å²) < 4.78 is -0.198. The van der Waals surface area contributed by atoms with E-state index >= 15 is 0 Å². The maximum Gasteiger partial charge on any atom is 0.409 e. The molecule has 1 aromatic carbocycles. The van der Waals surface area contributed by atoms with E-state index in [4.69, 9.17) is 0 Å². The first-order chi connectivity index (χ1) is 15.3. The number of carboxylic acid groups (broad SMARTS) is 1. The number of Topliss-reactive ketones (excluding diaryl/α,β-unsaturated/α-hetero) is 1. The van der Waals surface area contributed by atoms with Crippen LogP contribution in [0.4, 0.5) is 9.80 Å². The van der Waals surface area contributed by atoms with Gasteiger partial charge in [-0.05, 0) is 44.0 Å².